The molecule has 0 spiro atoms. The number of nitrogens with zero attached hydrogens (tertiary/aromatic N) is 2. The Morgan fingerprint density at radius 3 is 2.77 bits per heavy atom. The SMILES string of the molecule is O=C(CN1C(=O)C(=Cc2cccc(Br)c2)SC1=S)Nc1nc(-c2ccccc2)cs1. The van der Waals surface area contributed by atoms with Crippen molar-refractivity contribution >= 4 is 78.6 Å². The number of thiazole rings is 1. The van der Waals surface area contributed by atoms with E-state index in [4.69, 9.17) is 12.2 Å². The van der Waals surface area contributed by atoms with Crippen LogP contribution in [0, 0.1) is 0 Å². The molecule has 9 heteroatoms. The summed E-state index contributed by atoms with van der Waals surface area (Å²) in [6, 6.07) is 17.3. The summed E-state index contributed by atoms with van der Waals surface area (Å²) in [6.07, 6.45) is 1.77. The van der Waals surface area contributed by atoms with Crippen LogP contribution in [0.25, 0.3) is 17.3 Å². The number of benzene rings is 2. The van der Waals surface area contributed by atoms with Gasteiger partial charge in [0.25, 0.3) is 5.91 Å². The average Bonchev–Trinajstić information content (AvgIpc) is 3.29. The molecule has 2 aromatic carbocycles. The second-order valence-corrected chi connectivity index (χ2v) is 9.72. The molecule has 0 aliphatic carbocycles. The number of anilines is 1. The number of carbonyl (C=O) groups excluding carboxylic acids is 2. The number of amides is 2. The summed E-state index contributed by atoms with van der Waals surface area (Å²) in [5, 5.41) is 5.11. The third kappa shape index (κ3) is 4.86. The summed E-state index contributed by atoms with van der Waals surface area (Å²) in [5.41, 5.74) is 2.65. The molecule has 1 N–H and O–H groups in total. The first-order chi connectivity index (χ1) is 14.5. The van der Waals surface area contributed by atoms with Crippen LogP contribution >= 0.6 is 51.2 Å². The number of carbonyl (C=O) groups is 2. The molecule has 1 aliphatic rings. The molecule has 2 amide bonds. The number of thioether (sulfide) groups is 1. The van der Waals surface area contributed by atoms with E-state index in [1.165, 1.54) is 28.0 Å². The molecule has 3 aromatic rings. The third-order valence-corrected chi connectivity index (χ3v) is 6.77. The topological polar surface area (TPSA) is 62.3 Å². The Balaban J connectivity index is 1.42. The van der Waals surface area contributed by atoms with Gasteiger partial charge in [-0.3, -0.25) is 14.5 Å². The first kappa shape index (κ1) is 20.9. The van der Waals surface area contributed by atoms with Crippen molar-refractivity contribution in [2.75, 3.05) is 11.9 Å². The fourth-order valence-electron chi connectivity index (χ4n) is 2.76. The van der Waals surface area contributed by atoms with Gasteiger partial charge in [0, 0.05) is 15.4 Å². The van der Waals surface area contributed by atoms with Gasteiger partial charge in [-0.15, -0.1) is 11.3 Å². The number of thiocarbonyl (C=S) groups is 1. The molecule has 1 aliphatic heterocycles. The van der Waals surface area contributed by atoms with Crippen LogP contribution in [0.5, 0.6) is 0 Å². The van der Waals surface area contributed by atoms with Crippen LogP contribution in [0.15, 0.2) is 69.4 Å². The highest BCUT2D eigenvalue weighted by Gasteiger charge is 2.33. The highest BCUT2D eigenvalue weighted by Crippen LogP contribution is 2.33. The van der Waals surface area contributed by atoms with Crippen LogP contribution in [0.1, 0.15) is 5.56 Å². The standard InChI is InChI=1S/C21H14BrN3O2S3/c22-15-8-4-5-13(9-15)10-17-19(27)25(21(28)30-17)11-18(26)24-20-23-16(12-29-20)14-6-2-1-3-7-14/h1-10,12H,11H2,(H,23,24,26). The Morgan fingerprint density at radius 2 is 2.00 bits per heavy atom. The van der Waals surface area contributed by atoms with E-state index in [0.29, 0.717) is 14.4 Å². The van der Waals surface area contributed by atoms with Crippen LogP contribution in [-0.4, -0.2) is 32.6 Å². The Morgan fingerprint density at radius 1 is 1.20 bits per heavy atom. The summed E-state index contributed by atoms with van der Waals surface area (Å²) in [5.74, 6) is -0.617. The van der Waals surface area contributed by atoms with Gasteiger partial charge in [-0.25, -0.2) is 4.98 Å². The fraction of sp³-hybridized carbons (Fsp3) is 0.0476. The minimum atomic E-state index is -0.344. The largest absolute Gasteiger partial charge is 0.300 e. The van der Waals surface area contributed by atoms with E-state index >= 15 is 0 Å². The molecule has 30 heavy (non-hydrogen) atoms. The predicted molar refractivity (Wildman–Crippen MR) is 130 cm³/mol. The minimum absolute atomic E-state index is 0.152. The molecule has 4 rings (SSSR count). The zero-order valence-corrected chi connectivity index (χ0v) is 19.4. The van der Waals surface area contributed by atoms with Crippen molar-refractivity contribution in [2.24, 2.45) is 0 Å². The van der Waals surface area contributed by atoms with Gasteiger partial charge in [0.1, 0.15) is 10.9 Å². The maximum atomic E-state index is 12.7. The zero-order chi connectivity index (χ0) is 21.1. The van der Waals surface area contributed by atoms with Gasteiger partial charge in [0.05, 0.1) is 10.6 Å². The van der Waals surface area contributed by atoms with Crippen LogP contribution < -0.4 is 5.32 Å². The lowest BCUT2D eigenvalue weighted by Gasteiger charge is -2.13. The molecule has 1 fully saturated rings. The normalized spacial score (nSPS) is 15.1. The van der Waals surface area contributed by atoms with Gasteiger partial charge in [0.2, 0.25) is 5.91 Å². The van der Waals surface area contributed by atoms with Gasteiger partial charge in [-0.2, -0.15) is 0 Å². The fourth-order valence-corrected chi connectivity index (χ4v) is 5.17. The summed E-state index contributed by atoms with van der Waals surface area (Å²) < 4.78 is 1.28. The van der Waals surface area contributed by atoms with E-state index < -0.39 is 0 Å². The van der Waals surface area contributed by atoms with Crippen molar-refractivity contribution in [1.82, 2.24) is 9.88 Å². The molecule has 0 unspecified atom stereocenters. The van der Waals surface area contributed by atoms with E-state index in [1.54, 1.807) is 6.08 Å². The Hall–Kier alpha value is -2.33. The first-order valence-electron chi connectivity index (χ1n) is 8.81. The summed E-state index contributed by atoms with van der Waals surface area (Å²) in [7, 11) is 0. The van der Waals surface area contributed by atoms with Crippen LogP contribution in [0.3, 0.4) is 0 Å². The van der Waals surface area contributed by atoms with E-state index in [-0.39, 0.29) is 18.4 Å². The highest BCUT2D eigenvalue weighted by molar-refractivity contribution is 9.10. The van der Waals surface area contributed by atoms with Crippen LogP contribution in [0.2, 0.25) is 0 Å². The number of aromatic nitrogens is 1. The number of rotatable bonds is 5. The number of hydrogen-bond acceptors (Lipinski definition) is 6. The quantitative estimate of drug-likeness (QED) is 0.363. The van der Waals surface area contributed by atoms with Gasteiger partial charge in [0.15, 0.2) is 5.13 Å². The lowest BCUT2D eigenvalue weighted by Crippen LogP contribution is -2.36. The molecule has 0 bridgehead atoms. The molecule has 0 saturated carbocycles. The number of halogens is 1. The monoisotopic (exact) mass is 515 g/mol. The van der Waals surface area contributed by atoms with Crippen molar-refractivity contribution in [3.8, 4) is 11.3 Å². The van der Waals surface area contributed by atoms with Crippen LogP contribution in [-0.2, 0) is 9.59 Å². The minimum Gasteiger partial charge on any atom is -0.300 e. The molecule has 2 heterocycles. The van der Waals surface area contributed by atoms with Gasteiger partial charge in [-0.1, -0.05) is 82.4 Å². The van der Waals surface area contributed by atoms with E-state index in [1.807, 2.05) is 60.0 Å². The zero-order valence-electron chi connectivity index (χ0n) is 15.4. The van der Waals surface area contributed by atoms with Gasteiger partial charge >= 0.3 is 0 Å². The average molecular weight is 516 g/mol. The summed E-state index contributed by atoms with van der Waals surface area (Å²) >= 11 is 11.3. The van der Waals surface area contributed by atoms with E-state index in [2.05, 4.69) is 26.2 Å². The van der Waals surface area contributed by atoms with E-state index in [9.17, 15) is 9.59 Å². The molecule has 1 aromatic heterocycles. The molecule has 1 saturated heterocycles. The molecule has 0 atom stereocenters. The van der Waals surface area contributed by atoms with Crippen molar-refractivity contribution < 1.29 is 9.59 Å². The maximum absolute atomic E-state index is 12.7. The molecular formula is C21H14BrN3O2S3. The molecule has 150 valence electrons. The van der Waals surface area contributed by atoms with E-state index in [0.717, 1.165) is 21.3 Å². The van der Waals surface area contributed by atoms with Gasteiger partial charge < -0.3 is 5.32 Å². The number of hydrogen-bond donors (Lipinski definition) is 1. The van der Waals surface area contributed by atoms with Crippen molar-refractivity contribution in [1.29, 1.82) is 0 Å². The van der Waals surface area contributed by atoms with Crippen LogP contribution in [0.4, 0.5) is 5.13 Å². The molecular weight excluding hydrogens is 502 g/mol. The Labute approximate surface area is 195 Å². The van der Waals surface area contributed by atoms with Crippen molar-refractivity contribution in [3.05, 3.63) is 74.9 Å². The number of nitrogens with one attached hydrogen (secondary N) is 1. The Kier molecular flexibility index (Phi) is 6.43. The molecule has 0 radical (unpaired) electrons. The molecule has 5 nitrogen and oxygen atoms in total. The second kappa shape index (κ2) is 9.22. The Bertz CT molecular complexity index is 1160. The summed E-state index contributed by atoms with van der Waals surface area (Å²) in [4.78, 5) is 31.5. The predicted octanol–water partition coefficient (Wildman–Crippen LogP) is 5.41. The van der Waals surface area contributed by atoms with Gasteiger partial charge in [-0.05, 0) is 23.8 Å². The van der Waals surface area contributed by atoms with Crippen molar-refractivity contribution in [3.63, 3.8) is 0 Å². The van der Waals surface area contributed by atoms with Crippen molar-refractivity contribution in [2.45, 2.75) is 0 Å². The highest BCUT2D eigenvalue weighted by atomic mass is 79.9. The lowest BCUT2D eigenvalue weighted by atomic mass is 10.2. The second-order valence-electron chi connectivity index (χ2n) is 6.27. The maximum Gasteiger partial charge on any atom is 0.266 e. The lowest BCUT2D eigenvalue weighted by molar-refractivity contribution is -0.126. The smallest absolute Gasteiger partial charge is 0.266 e. The summed E-state index contributed by atoms with van der Waals surface area (Å²) in [6.45, 7) is -0.152. The third-order valence-electron chi connectivity index (χ3n) is 4.14. The first-order valence-corrected chi connectivity index (χ1v) is 11.7.